The fraction of sp³-hybridized carbons (Fsp3) is 0.407. The van der Waals surface area contributed by atoms with Gasteiger partial charge >= 0.3 is 0 Å². The maximum atomic E-state index is 13.2. The van der Waals surface area contributed by atoms with E-state index in [1.807, 2.05) is 31.2 Å². The van der Waals surface area contributed by atoms with Crippen LogP contribution in [0.5, 0.6) is 5.75 Å². The van der Waals surface area contributed by atoms with Crippen molar-refractivity contribution in [3.05, 3.63) is 70.8 Å². The number of hydrogen-bond acceptors (Lipinski definition) is 5. The van der Waals surface area contributed by atoms with Gasteiger partial charge in [0.25, 0.3) is 11.7 Å². The van der Waals surface area contributed by atoms with Crippen molar-refractivity contribution in [3.8, 4) is 5.75 Å². The Bertz CT molecular complexity index is 1030. The first kappa shape index (κ1) is 23.1. The fourth-order valence-corrected chi connectivity index (χ4v) is 4.52. The number of rotatable bonds is 7. The Morgan fingerprint density at radius 3 is 2.39 bits per heavy atom. The summed E-state index contributed by atoms with van der Waals surface area (Å²) in [6.45, 7) is 7.64. The van der Waals surface area contributed by atoms with Gasteiger partial charge in [-0.15, -0.1) is 0 Å². The van der Waals surface area contributed by atoms with Crippen LogP contribution in [0.3, 0.4) is 0 Å². The van der Waals surface area contributed by atoms with E-state index in [4.69, 9.17) is 9.47 Å². The molecule has 6 heteroatoms. The minimum atomic E-state index is -0.669. The summed E-state index contributed by atoms with van der Waals surface area (Å²) < 4.78 is 11.2. The van der Waals surface area contributed by atoms with Crippen molar-refractivity contribution in [1.82, 2.24) is 4.90 Å². The lowest BCUT2D eigenvalue weighted by molar-refractivity contribution is -0.140. The summed E-state index contributed by atoms with van der Waals surface area (Å²) >= 11 is 0. The molecule has 2 fully saturated rings. The van der Waals surface area contributed by atoms with Crippen molar-refractivity contribution in [1.29, 1.82) is 0 Å². The predicted molar refractivity (Wildman–Crippen MR) is 126 cm³/mol. The number of hydrogen-bond donors (Lipinski definition) is 1. The molecule has 6 nitrogen and oxygen atoms in total. The van der Waals surface area contributed by atoms with E-state index in [9.17, 15) is 14.7 Å². The number of likely N-dealkylation sites (tertiary alicyclic amines) is 1. The Morgan fingerprint density at radius 2 is 1.82 bits per heavy atom. The van der Waals surface area contributed by atoms with Crippen molar-refractivity contribution in [2.75, 3.05) is 19.8 Å². The summed E-state index contributed by atoms with van der Waals surface area (Å²) in [6, 6.07) is 14.1. The average molecular weight is 450 g/mol. The molecule has 0 spiro atoms. The molecule has 2 heterocycles. The lowest BCUT2D eigenvalue weighted by atomic mass is 9.93. The van der Waals surface area contributed by atoms with E-state index in [1.54, 1.807) is 29.2 Å². The molecule has 33 heavy (non-hydrogen) atoms. The SMILES string of the molecule is CCOc1ccc(/C(O)=C2\C(=O)C(=O)N(CC3CCCO3)C2c2ccc(C(C)C)cc2)cc1. The molecule has 0 saturated carbocycles. The van der Waals surface area contributed by atoms with E-state index < -0.39 is 17.7 Å². The van der Waals surface area contributed by atoms with E-state index in [-0.39, 0.29) is 17.4 Å². The summed E-state index contributed by atoms with van der Waals surface area (Å²) in [5.74, 6) is -0.410. The Morgan fingerprint density at radius 1 is 1.12 bits per heavy atom. The van der Waals surface area contributed by atoms with Crippen LogP contribution in [0.4, 0.5) is 0 Å². The normalized spacial score (nSPS) is 22.4. The maximum Gasteiger partial charge on any atom is 0.295 e. The number of nitrogens with zero attached hydrogens (tertiary/aromatic N) is 1. The number of amides is 1. The second-order valence-corrected chi connectivity index (χ2v) is 8.87. The molecule has 2 saturated heterocycles. The Hall–Kier alpha value is -3.12. The number of carbonyl (C=O) groups is 2. The zero-order chi connectivity index (χ0) is 23.5. The van der Waals surface area contributed by atoms with Crippen molar-refractivity contribution in [2.45, 2.75) is 51.7 Å². The topological polar surface area (TPSA) is 76.1 Å². The van der Waals surface area contributed by atoms with Crippen molar-refractivity contribution in [3.63, 3.8) is 0 Å². The molecule has 4 rings (SSSR count). The van der Waals surface area contributed by atoms with Gasteiger partial charge in [-0.1, -0.05) is 38.1 Å². The number of aliphatic hydroxyl groups is 1. The standard InChI is InChI=1S/C27H31NO5/c1-4-32-21-13-11-20(12-14-21)25(29)23-24(19-9-7-18(8-10-19)17(2)3)28(27(31)26(23)30)16-22-6-5-15-33-22/h7-14,17,22,24,29H,4-6,15-16H2,1-3H3/b25-23+. The monoisotopic (exact) mass is 449 g/mol. The van der Waals surface area contributed by atoms with Gasteiger partial charge in [0.1, 0.15) is 11.5 Å². The summed E-state index contributed by atoms with van der Waals surface area (Å²) in [6.07, 6.45) is 1.68. The second kappa shape index (κ2) is 9.79. The highest BCUT2D eigenvalue weighted by Crippen LogP contribution is 2.40. The molecule has 0 aliphatic carbocycles. The largest absolute Gasteiger partial charge is 0.507 e. The summed E-state index contributed by atoms with van der Waals surface area (Å²) in [4.78, 5) is 27.8. The van der Waals surface area contributed by atoms with Crippen molar-refractivity contribution >= 4 is 17.4 Å². The van der Waals surface area contributed by atoms with E-state index in [2.05, 4.69) is 13.8 Å². The number of ketones is 1. The second-order valence-electron chi connectivity index (χ2n) is 8.87. The van der Waals surface area contributed by atoms with Crippen LogP contribution >= 0.6 is 0 Å². The third kappa shape index (κ3) is 4.67. The predicted octanol–water partition coefficient (Wildman–Crippen LogP) is 4.81. The highest BCUT2D eigenvalue weighted by Gasteiger charge is 2.47. The first-order valence-electron chi connectivity index (χ1n) is 11.6. The number of Topliss-reactive ketones (excluding diaryl/α,β-unsaturated/α-hetero) is 1. The first-order chi connectivity index (χ1) is 15.9. The van der Waals surface area contributed by atoms with Gasteiger partial charge in [0, 0.05) is 18.7 Å². The first-order valence-corrected chi connectivity index (χ1v) is 11.6. The molecular formula is C27H31NO5. The minimum absolute atomic E-state index is 0.105. The van der Waals surface area contributed by atoms with Crippen LogP contribution in [-0.4, -0.2) is 47.6 Å². The Labute approximate surface area is 194 Å². The Balaban J connectivity index is 1.77. The summed E-state index contributed by atoms with van der Waals surface area (Å²) in [5, 5.41) is 11.2. The highest BCUT2D eigenvalue weighted by atomic mass is 16.5. The van der Waals surface area contributed by atoms with Gasteiger partial charge in [0.15, 0.2) is 0 Å². The minimum Gasteiger partial charge on any atom is -0.507 e. The molecule has 2 unspecified atom stereocenters. The zero-order valence-corrected chi connectivity index (χ0v) is 19.4. The van der Waals surface area contributed by atoms with Crippen molar-refractivity contribution in [2.24, 2.45) is 0 Å². The number of aliphatic hydroxyl groups excluding tert-OH is 1. The fourth-order valence-electron chi connectivity index (χ4n) is 4.52. The number of ether oxygens (including phenoxy) is 2. The van der Waals surface area contributed by atoms with Gasteiger partial charge in [0.2, 0.25) is 0 Å². The van der Waals surface area contributed by atoms with Gasteiger partial charge in [-0.3, -0.25) is 9.59 Å². The maximum absolute atomic E-state index is 13.2. The lowest BCUT2D eigenvalue weighted by Gasteiger charge is -2.27. The van der Waals surface area contributed by atoms with Gasteiger partial charge in [0.05, 0.1) is 24.3 Å². The van der Waals surface area contributed by atoms with Gasteiger partial charge in [-0.2, -0.15) is 0 Å². The van der Waals surface area contributed by atoms with E-state index in [1.165, 1.54) is 5.56 Å². The molecule has 1 N–H and O–H groups in total. The number of carbonyl (C=O) groups excluding carboxylic acids is 2. The van der Waals surface area contributed by atoms with Crippen LogP contribution in [0.1, 0.15) is 62.3 Å². The quantitative estimate of drug-likeness (QED) is 0.373. The van der Waals surface area contributed by atoms with Crippen LogP contribution in [0.15, 0.2) is 54.1 Å². The van der Waals surface area contributed by atoms with Crippen LogP contribution in [0.25, 0.3) is 5.76 Å². The summed E-state index contributed by atoms with van der Waals surface area (Å²) in [5.41, 5.74) is 2.54. The van der Waals surface area contributed by atoms with Crippen LogP contribution in [0.2, 0.25) is 0 Å². The third-order valence-electron chi connectivity index (χ3n) is 6.32. The van der Waals surface area contributed by atoms with E-state index >= 15 is 0 Å². The van der Waals surface area contributed by atoms with Crippen LogP contribution < -0.4 is 4.74 Å². The van der Waals surface area contributed by atoms with Gasteiger partial charge < -0.3 is 19.5 Å². The van der Waals surface area contributed by atoms with Crippen LogP contribution in [0, 0.1) is 0 Å². The smallest absolute Gasteiger partial charge is 0.295 e. The summed E-state index contributed by atoms with van der Waals surface area (Å²) in [7, 11) is 0. The van der Waals surface area contributed by atoms with Crippen LogP contribution in [-0.2, 0) is 14.3 Å². The number of benzene rings is 2. The van der Waals surface area contributed by atoms with Gasteiger partial charge in [-0.25, -0.2) is 0 Å². The van der Waals surface area contributed by atoms with Gasteiger partial charge in [-0.05, 0) is 61.1 Å². The zero-order valence-electron chi connectivity index (χ0n) is 19.4. The van der Waals surface area contributed by atoms with E-state index in [0.29, 0.717) is 37.0 Å². The molecule has 1 amide bonds. The average Bonchev–Trinajstić information content (AvgIpc) is 3.42. The molecule has 0 bridgehead atoms. The molecule has 2 atom stereocenters. The Kier molecular flexibility index (Phi) is 6.84. The molecule has 174 valence electrons. The molecule has 2 aliphatic rings. The van der Waals surface area contributed by atoms with Crippen molar-refractivity contribution < 1.29 is 24.2 Å². The molecule has 0 aromatic heterocycles. The highest BCUT2D eigenvalue weighted by molar-refractivity contribution is 6.46. The molecule has 2 aliphatic heterocycles. The van der Waals surface area contributed by atoms with E-state index in [0.717, 1.165) is 18.4 Å². The lowest BCUT2D eigenvalue weighted by Crippen LogP contribution is -2.36. The molecule has 2 aromatic carbocycles. The third-order valence-corrected chi connectivity index (χ3v) is 6.32. The molecular weight excluding hydrogens is 418 g/mol. The molecule has 2 aromatic rings. The molecule has 0 radical (unpaired) electrons.